The van der Waals surface area contributed by atoms with Gasteiger partial charge in [-0.1, -0.05) is 36.7 Å². The van der Waals surface area contributed by atoms with Crippen LogP contribution in [0.25, 0.3) is 0 Å². The predicted molar refractivity (Wildman–Crippen MR) is 88.8 cm³/mol. The Morgan fingerprint density at radius 3 is 2.81 bits per heavy atom. The van der Waals surface area contributed by atoms with Crippen molar-refractivity contribution in [3.63, 3.8) is 0 Å². The van der Waals surface area contributed by atoms with Crippen LogP contribution in [0.5, 0.6) is 0 Å². The molecule has 3 nitrogen and oxygen atoms in total. The Kier molecular flexibility index (Phi) is 6.27. The van der Waals surface area contributed by atoms with E-state index < -0.39 is 0 Å². The molecule has 1 N–H and O–H groups in total. The molecule has 21 heavy (non-hydrogen) atoms. The third kappa shape index (κ3) is 4.87. The molecule has 0 aliphatic carbocycles. The summed E-state index contributed by atoms with van der Waals surface area (Å²) in [6.45, 7) is 3.23. The molecule has 0 bridgehead atoms. The zero-order valence-corrected chi connectivity index (χ0v) is 13.6. The predicted octanol–water partition coefficient (Wildman–Crippen LogP) is 3.62. The monoisotopic (exact) mass is 305 g/mol. The quantitative estimate of drug-likeness (QED) is 0.807. The molecule has 4 heteroatoms. The fraction of sp³-hybridized carbons (Fsp3) is 0.471. The van der Waals surface area contributed by atoms with Crippen molar-refractivity contribution in [1.82, 2.24) is 14.9 Å². The molecular weight excluding hydrogens is 282 g/mol. The number of hydrogen-bond donors (Lipinski definition) is 1. The number of imidazole rings is 1. The van der Waals surface area contributed by atoms with Gasteiger partial charge in [-0.25, -0.2) is 4.98 Å². The molecule has 0 amide bonds. The van der Waals surface area contributed by atoms with E-state index in [-0.39, 0.29) is 0 Å². The maximum Gasteiger partial charge on any atom is 0.108 e. The van der Waals surface area contributed by atoms with Gasteiger partial charge in [0.25, 0.3) is 0 Å². The van der Waals surface area contributed by atoms with Gasteiger partial charge >= 0.3 is 0 Å². The van der Waals surface area contributed by atoms with Crippen molar-refractivity contribution in [2.45, 2.75) is 38.6 Å². The van der Waals surface area contributed by atoms with E-state index in [0.29, 0.717) is 6.04 Å². The molecule has 1 aromatic heterocycles. The zero-order chi connectivity index (χ0) is 15.1. The van der Waals surface area contributed by atoms with E-state index in [1.165, 1.54) is 5.56 Å². The minimum Gasteiger partial charge on any atom is -0.338 e. The highest BCUT2D eigenvalue weighted by Gasteiger charge is 2.12. The summed E-state index contributed by atoms with van der Waals surface area (Å²) in [4.78, 5) is 4.40. The Morgan fingerprint density at radius 2 is 2.14 bits per heavy atom. The summed E-state index contributed by atoms with van der Waals surface area (Å²) in [5, 5.41) is 4.49. The highest BCUT2D eigenvalue weighted by Crippen LogP contribution is 2.18. The fourth-order valence-corrected chi connectivity index (χ4v) is 2.71. The van der Waals surface area contributed by atoms with Gasteiger partial charge in [-0.05, 0) is 37.4 Å². The van der Waals surface area contributed by atoms with Crippen LogP contribution in [-0.2, 0) is 19.9 Å². The number of halogens is 1. The van der Waals surface area contributed by atoms with Gasteiger partial charge in [0.2, 0.25) is 0 Å². The lowest BCUT2D eigenvalue weighted by atomic mass is 10.0. The van der Waals surface area contributed by atoms with Crippen molar-refractivity contribution in [2.75, 3.05) is 6.54 Å². The molecular formula is C17H24ClN3. The summed E-state index contributed by atoms with van der Waals surface area (Å²) in [5.41, 5.74) is 1.22. The van der Waals surface area contributed by atoms with E-state index in [9.17, 15) is 0 Å². The van der Waals surface area contributed by atoms with Crippen LogP contribution in [0.4, 0.5) is 0 Å². The first-order valence-electron chi connectivity index (χ1n) is 7.63. The standard InChI is InChI=1S/C17H24ClN3/c1-3-10-19-15(8-9-17-20-11-12-21(17)2)13-14-6-4-5-7-16(14)18/h4-7,11-12,15,19H,3,8-10,13H2,1-2H3. The summed E-state index contributed by atoms with van der Waals surface area (Å²) in [5.74, 6) is 1.14. The molecule has 0 spiro atoms. The molecule has 2 aromatic rings. The smallest absolute Gasteiger partial charge is 0.108 e. The first-order valence-corrected chi connectivity index (χ1v) is 8.01. The molecule has 2 rings (SSSR count). The van der Waals surface area contributed by atoms with Crippen molar-refractivity contribution in [1.29, 1.82) is 0 Å². The third-order valence-corrected chi connectivity index (χ3v) is 4.11. The van der Waals surface area contributed by atoms with Crippen LogP contribution >= 0.6 is 11.6 Å². The summed E-state index contributed by atoms with van der Waals surface area (Å²) >= 11 is 6.28. The number of aromatic nitrogens is 2. The lowest BCUT2D eigenvalue weighted by Gasteiger charge is -2.19. The SMILES string of the molecule is CCCNC(CCc1nccn1C)Cc1ccccc1Cl. The van der Waals surface area contributed by atoms with Crippen molar-refractivity contribution in [3.8, 4) is 0 Å². The number of hydrogen-bond acceptors (Lipinski definition) is 2. The Morgan fingerprint density at radius 1 is 1.33 bits per heavy atom. The lowest BCUT2D eigenvalue weighted by Crippen LogP contribution is -2.32. The van der Waals surface area contributed by atoms with Crippen LogP contribution in [0.1, 0.15) is 31.2 Å². The molecule has 1 unspecified atom stereocenters. The van der Waals surface area contributed by atoms with Gasteiger partial charge in [0, 0.05) is 36.9 Å². The molecule has 0 fully saturated rings. The largest absolute Gasteiger partial charge is 0.338 e. The van der Waals surface area contributed by atoms with Gasteiger partial charge in [0.05, 0.1) is 0 Å². The molecule has 0 saturated carbocycles. The van der Waals surface area contributed by atoms with Crippen molar-refractivity contribution >= 4 is 11.6 Å². The molecule has 114 valence electrons. The summed E-state index contributed by atoms with van der Waals surface area (Å²) < 4.78 is 2.09. The maximum absolute atomic E-state index is 6.28. The molecule has 1 aromatic carbocycles. The highest BCUT2D eigenvalue weighted by atomic mass is 35.5. The molecule has 0 aliphatic heterocycles. The van der Waals surface area contributed by atoms with Crippen LogP contribution in [0.15, 0.2) is 36.7 Å². The van der Waals surface area contributed by atoms with E-state index in [4.69, 9.17) is 11.6 Å². The average molecular weight is 306 g/mol. The molecule has 1 heterocycles. The van der Waals surface area contributed by atoms with Gasteiger partial charge in [0.1, 0.15) is 5.82 Å². The van der Waals surface area contributed by atoms with Crippen molar-refractivity contribution in [2.24, 2.45) is 7.05 Å². The topological polar surface area (TPSA) is 29.9 Å². The lowest BCUT2D eigenvalue weighted by molar-refractivity contribution is 0.471. The van der Waals surface area contributed by atoms with Gasteiger partial charge in [-0.3, -0.25) is 0 Å². The second kappa shape index (κ2) is 8.20. The van der Waals surface area contributed by atoms with E-state index in [0.717, 1.165) is 43.1 Å². The fourth-order valence-electron chi connectivity index (χ4n) is 2.49. The number of nitrogens with one attached hydrogen (secondary N) is 1. The van der Waals surface area contributed by atoms with Gasteiger partial charge < -0.3 is 9.88 Å². The van der Waals surface area contributed by atoms with E-state index in [1.54, 1.807) is 0 Å². The normalized spacial score (nSPS) is 12.5. The van der Waals surface area contributed by atoms with Crippen LogP contribution < -0.4 is 5.32 Å². The van der Waals surface area contributed by atoms with E-state index in [1.807, 2.05) is 31.6 Å². The second-order valence-electron chi connectivity index (χ2n) is 5.44. The van der Waals surface area contributed by atoms with Gasteiger partial charge in [-0.2, -0.15) is 0 Å². The highest BCUT2D eigenvalue weighted by molar-refractivity contribution is 6.31. The minimum atomic E-state index is 0.432. The Bertz CT molecular complexity index is 550. The molecule has 1 atom stereocenters. The average Bonchev–Trinajstić information content (AvgIpc) is 2.89. The number of benzene rings is 1. The van der Waals surface area contributed by atoms with Crippen molar-refractivity contribution < 1.29 is 0 Å². The maximum atomic E-state index is 6.28. The van der Waals surface area contributed by atoms with Crippen LogP contribution in [0.2, 0.25) is 5.02 Å². The summed E-state index contributed by atoms with van der Waals surface area (Å²) in [6, 6.07) is 8.54. The number of rotatable bonds is 8. The Balaban J connectivity index is 1.97. The zero-order valence-electron chi connectivity index (χ0n) is 12.8. The molecule has 0 saturated heterocycles. The first-order chi connectivity index (χ1) is 10.2. The summed E-state index contributed by atoms with van der Waals surface area (Å²) in [7, 11) is 2.05. The molecule has 0 aliphatic rings. The second-order valence-corrected chi connectivity index (χ2v) is 5.85. The van der Waals surface area contributed by atoms with Gasteiger partial charge in [0.15, 0.2) is 0 Å². The Labute approximate surface area is 132 Å². The third-order valence-electron chi connectivity index (χ3n) is 3.74. The van der Waals surface area contributed by atoms with Crippen molar-refractivity contribution in [3.05, 3.63) is 53.1 Å². The van der Waals surface area contributed by atoms with Gasteiger partial charge in [-0.15, -0.1) is 0 Å². The molecule has 0 radical (unpaired) electrons. The number of nitrogens with zero attached hydrogens (tertiary/aromatic N) is 2. The first kappa shape index (κ1) is 16.1. The minimum absolute atomic E-state index is 0.432. The number of aryl methyl sites for hydroxylation is 2. The van der Waals surface area contributed by atoms with E-state index in [2.05, 4.69) is 33.9 Å². The Hall–Kier alpha value is -1.32. The van der Waals surface area contributed by atoms with Crippen LogP contribution in [0.3, 0.4) is 0 Å². The summed E-state index contributed by atoms with van der Waals surface area (Å²) in [6.07, 6.45) is 8.01. The van der Waals surface area contributed by atoms with Crippen LogP contribution in [0, 0.1) is 0 Å². The van der Waals surface area contributed by atoms with Crippen LogP contribution in [-0.4, -0.2) is 22.1 Å². The van der Waals surface area contributed by atoms with E-state index >= 15 is 0 Å².